The fraction of sp³-hybridized carbons (Fsp3) is 0.0370. The van der Waals surface area contributed by atoms with E-state index in [4.69, 9.17) is 4.42 Å². The molecule has 0 saturated carbocycles. The van der Waals surface area contributed by atoms with Crippen molar-refractivity contribution in [1.29, 1.82) is 0 Å². The molecule has 12 rings (SSSR count). The molecule has 0 fully saturated rings. The quantitative estimate of drug-likeness (QED) is 0.181. The Kier molecular flexibility index (Phi) is 6.50. The summed E-state index contributed by atoms with van der Waals surface area (Å²) in [6.07, 6.45) is 0. The van der Waals surface area contributed by atoms with Gasteiger partial charge in [-0.05, 0) is 86.6 Å². The molecule has 2 heterocycles. The highest BCUT2D eigenvalue weighted by atomic mass is 16.3. The Morgan fingerprint density at radius 3 is 1.64 bits per heavy atom. The molecule has 1 atom stereocenters. The van der Waals surface area contributed by atoms with E-state index >= 15 is 0 Å². The average molecular weight is 714 g/mol. The van der Waals surface area contributed by atoms with Crippen LogP contribution in [0, 0.1) is 0 Å². The monoisotopic (exact) mass is 713 g/mol. The minimum atomic E-state index is -0.436. The third-order valence-corrected chi connectivity index (χ3v) is 12.4. The molecule has 9 aromatic carbocycles. The summed E-state index contributed by atoms with van der Waals surface area (Å²) in [7, 11) is 0. The lowest BCUT2D eigenvalue weighted by atomic mass is 9.67. The van der Waals surface area contributed by atoms with E-state index in [1.807, 2.05) is 0 Å². The van der Waals surface area contributed by atoms with Gasteiger partial charge in [-0.15, -0.1) is 0 Å². The molecule has 2 aliphatic rings. The van der Waals surface area contributed by atoms with E-state index in [1.165, 1.54) is 89.0 Å². The smallest absolute Gasteiger partial charge is 0.136 e. The van der Waals surface area contributed by atoms with Crippen molar-refractivity contribution in [3.05, 3.63) is 211 Å². The van der Waals surface area contributed by atoms with Crippen LogP contribution in [0.2, 0.25) is 0 Å². The molecule has 1 aliphatic heterocycles. The highest BCUT2D eigenvalue weighted by molar-refractivity contribution is 6.23. The van der Waals surface area contributed by atoms with Gasteiger partial charge < -0.3 is 9.32 Å². The van der Waals surface area contributed by atoms with Gasteiger partial charge in [0.2, 0.25) is 0 Å². The van der Waals surface area contributed by atoms with Crippen molar-refractivity contribution in [2.75, 3.05) is 4.90 Å². The van der Waals surface area contributed by atoms with Crippen molar-refractivity contribution < 1.29 is 4.42 Å². The number of nitrogens with zero attached hydrogens (tertiary/aromatic N) is 1. The largest absolute Gasteiger partial charge is 0.456 e. The van der Waals surface area contributed by atoms with Gasteiger partial charge in [0.05, 0.1) is 17.1 Å². The first kappa shape index (κ1) is 31.2. The van der Waals surface area contributed by atoms with Gasteiger partial charge in [-0.3, -0.25) is 0 Å². The van der Waals surface area contributed by atoms with Crippen molar-refractivity contribution in [1.82, 2.24) is 0 Å². The summed E-state index contributed by atoms with van der Waals surface area (Å²) in [6, 6.07) is 71.0. The first-order chi connectivity index (χ1) is 27.7. The molecule has 10 aromatic rings. The molecule has 262 valence electrons. The van der Waals surface area contributed by atoms with Crippen molar-refractivity contribution >= 4 is 49.8 Å². The van der Waals surface area contributed by atoms with Crippen LogP contribution < -0.4 is 4.90 Å². The highest BCUT2D eigenvalue weighted by Crippen LogP contribution is 2.65. The van der Waals surface area contributed by atoms with Crippen LogP contribution in [0.5, 0.6) is 0 Å². The Morgan fingerprint density at radius 2 is 0.929 bits per heavy atom. The van der Waals surface area contributed by atoms with Crippen LogP contribution in [0.1, 0.15) is 23.6 Å². The molecule has 0 N–H and O–H groups in total. The summed E-state index contributed by atoms with van der Waals surface area (Å²) in [5, 5.41) is 4.73. The van der Waals surface area contributed by atoms with E-state index in [9.17, 15) is 0 Å². The Morgan fingerprint density at radius 1 is 0.393 bits per heavy atom. The predicted molar refractivity (Wildman–Crippen MR) is 233 cm³/mol. The average Bonchev–Trinajstić information content (AvgIpc) is 3.78. The Bertz CT molecular complexity index is 3150. The molecule has 0 bridgehead atoms. The number of hydrogen-bond donors (Lipinski definition) is 0. The molecule has 0 amide bonds. The van der Waals surface area contributed by atoms with E-state index in [1.54, 1.807) is 0 Å². The number of furan rings is 1. The van der Waals surface area contributed by atoms with Crippen LogP contribution in [0.4, 0.5) is 17.1 Å². The number of para-hydroxylation sites is 2. The molecule has 2 heteroatoms. The van der Waals surface area contributed by atoms with Gasteiger partial charge >= 0.3 is 0 Å². The fourth-order valence-electron chi connectivity index (χ4n) is 10.2. The molecule has 0 radical (unpaired) electrons. The molecule has 2 nitrogen and oxygen atoms in total. The summed E-state index contributed by atoms with van der Waals surface area (Å²) >= 11 is 0. The first-order valence-corrected chi connectivity index (χ1v) is 19.4. The van der Waals surface area contributed by atoms with Crippen molar-refractivity contribution in [2.24, 2.45) is 0 Å². The Hall–Kier alpha value is -7.16. The van der Waals surface area contributed by atoms with Gasteiger partial charge in [-0.25, -0.2) is 0 Å². The summed E-state index contributed by atoms with van der Waals surface area (Å²) in [5.41, 5.74) is 18.8. The van der Waals surface area contributed by atoms with Crippen molar-refractivity contribution in [3.8, 4) is 44.5 Å². The molecule has 1 aromatic heterocycles. The standard InChI is InChI=1S/C54H35NO/c1-54-44-28-10-8-21-39(44)41-26-14-29-45(51(41)54)55(53-37(34-16-4-2-5-17-34)23-13-24-38(53)35-18-6-3-7-19-35)46-30-15-27-42(52(46)54)40-25-12-20-36-32-33-48-50(49(36)40)43-22-9-11-31-47(43)56-48/h2-33H,1H3. The van der Waals surface area contributed by atoms with E-state index in [-0.39, 0.29) is 0 Å². The van der Waals surface area contributed by atoms with Crippen LogP contribution in [-0.4, -0.2) is 0 Å². The number of rotatable bonds is 4. The third-order valence-electron chi connectivity index (χ3n) is 12.4. The van der Waals surface area contributed by atoms with Gasteiger partial charge in [0, 0.05) is 32.7 Å². The molecular formula is C54H35NO. The third kappa shape index (κ3) is 4.16. The minimum absolute atomic E-state index is 0.436. The number of fused-ring (bicyclic) bond motifs is 10. The summed E-state index contributed by atoms with van der Waals surface area (Å²) < 4.78 is 6.50. The lowest BCUT2D eigenvalue weighted by Crippen LogP contribution is -2.33. The highest BCUT2D eigenvalue weighted by Gasteiger charge is 2.50. The minimum Gasteiger partial charge on any atom is -0.456 e. The Labute approximate surface area is 325 Å². The lowest BCUT2D eigenvalue weighted by Gasteiger charge is -2.44. The second-order valence-corrected chi connectivity index (χ2v) is 15.3. The van der Waals surface area contributed by atoms with E-state index < -0.39 is 5.41 Å². The van der Waals surface area contributed by atoms with Crippen molar-refractivity contribution in [3.63, 3.8) is 0 Å². The molecule has 1 unspecified atom stereocenters. The van der Waals surface area contributed by atoms with E-state index in [0.717, 1.165) is 21.9 Å². The SMILES string of the molecule is CC12c3ccccc3-c3cccc(c31)N(c1c(-c3ccccc3)cccc1-c1ccccc1)c1cccc(-c3cccc4ccc5oc6ccccc6c5c34)c12. The fourth-order valence-corrected chi connectivity index (χ4v) is 10.2. The van der Waals surface area contributed by atoms with Gasteiger partial charge in [0.15, 0.2) is 0 Å². The maximum atomic E-state index is 6.50. The number of benzene rings is 9. The maximum Gasteiger partial charge on any atom is 0.136 e. The van der Waals surface area contributed by atoms with Crippen LogP contribution in [0.15, 0.2) is 199 Å². The molecule has 0 saturated heterocycles. The topological polar surface area (TPSA) is 16.4 Å². The van der Waals surface area contributed by atoms with Gasteiger partial charge in [-0.1, -0.05) is 170 Å². The molecule has 1 aliphatic carbocycles. The second kappa shape index (κ2) is 11.7. The number of anilines is 3. The maximum absolute atomic E-state index is 6.50. The Balaban J connectivity index is 1.25. The second-order valence-electron chi connectivity index (χ2n) is 15.3. The zero-order valence-corrected chi connectivity index (χ0v) is 30.8. The summed E-state index contributed by atoms with van der Waals surface area (Å²) in [5.74, 6) is 0. The molecule has 0 spiro atoms. The molecule has 56 heavy (non-hydrogen) atoms. The first-order valence-electron chi connectivity index (χ1n) is 19.4. The van der Waals surface area contributed by atoms with Crippen LogP contribution in [-0.2, 0) is 5.41 Å². The predicted octanol–water partition coefficient (Wildman–Crippen LogP) is 14.9. The molecular weight excluding hydrogens is 679 g/mol. The van der Waals surface area contributed by atoms with Crippen molar-refractivity contribution in [2.45, 2.75) is 12.3 Å². The lowest BCUT2D eigenvalue weighted by molar-refractivity contribution is 0.669. The summed E-state index contributed by atoms with van der Waals surface area (Å²) in [4.78, 5) is 2.59. The summed E-state index contributed by atoms with van der Waals surface area (Å²) in [6.45, 7) is 2.47. The normalized spacial score (nSPS) is 15.3. The van der Waals surface area contributed by atoms with Gasteiger partial charge in [-0.2, -0.15) is 0 Å². The number of hydrogen-bond acceptors (Lipinski definition) is 2. The zero-order valence-electron chi connectivity index (χ0n) is 30.8. The zero-order chi connectivity index (χ0) is 37.0. The van der Waals surface area contributed by atoms with E-state index in [2.05, 4.69) is 206 Å². The van der Waals surface area contributed by atoms with Crippen LogP contribution >= 0.6 is 0 Å². The van der Waals surface area contributed by atoms with Gasteiger partial charge in [0.25, 0.3) is 0 Å². The van der Waals surface area contributed by atoms with Crippen LogP contribution in [0.25, 0.3) is 77.2 Å². The van der Waals surface area contributed by atoms with Crippen LogP contribution in [0.3, 0.4) is 0 Å². The van der Waals surface area contributed by atoms with E-state index in [0.29, 0.717) is 0 Å². The van der Waals surface area contributed by atoms with Gasteiger partial charge in [0.1, 0.15) is 11.2 Å².